The Bertz CT molecular complexity index is 409. The Labute approximate surface area is 122 Å². The fourth-order valence-corrected chi connectivity index (χ4v) is 3.11. The average Bonchev–Trinajstić information content (AvgIpc) is 2.50. The fourth-order valence-electron chi connectivity index (χ4n) is 3.11. The number of hydrogen-bond acceptors (Lipinski definition) is 3. The minimum Gasteiger partial charge on any atom is -0.395 e. The van der Waals surface area contributed by atoms with E-state index in [1.165, 1.54) is 5.56 Å². The summed E-state index contributed by atoms with van der Waals surface area (Å²) in [7, 11) is 1.80. The molecule has 1 aliphatic heterocycles. The van der Waals surface area contributed by atoms with Gasteiger partial charge in [-0.3, -0.25) is 4.90 Å². The molecule has 1 aromatic carbocycles. The van der Waals surface area contributed by atoms with Gasteiger partial charge in [-0.15, -0.1) is 0 Å². The Kier molecular flexibility index (Phi) is 5.19. The van der Waals surface area contributed by atoms with E-state index in [0.717, 1.165) is 26.1 Å². The number of hydrogen-bond donors (Lipinski definition) is 1. The quantitative estimate of drug-likeness (QED) is 0.896. The van der Waals surface area contributed by atoms with Crippen LogP contribution in [0.25, 0.3) is 0 Å². The molecular formula is C17H27NO2. The third kappa shape index (κ3) is 3.40. The van der Waals surface area contributed by atoms with Crippen LogP contribution in [0.2, 0.25) is 0 Å². The molecule has 20 heavy (non-hydrogen) atoms. The van der Waals surface area contributed by atoms with Gasteiger partial charge in [-0.2, -0.15) is 0 Å². The molecule has 0 radical (unpaired) electrons. The second-order valence-corrected chi connectivity index (χ2v) is 6.36. The largest absolute Gasteiger partial charge is 0.395 e. The Morgan fingerprint density at radius 2 is 2.05 bits per heavy atom. The standard InChI is InChI=1S/C17H27NO2/c1-14-9-10-18(11-16(14)20-3)12-17(2,13-19)15-7-5-4-6-8-15/h4-8,14,16,19H,9-13H2,1-3H3. The highest BCUT2D eigenvalue weighted by Crippen LogP contribution is 2.27. The molecule has 0 aliphatic carbocycles. The number of nitrogens with zero attached hydrogens (tertiary/aromatic N) is 1. The molecular weight excluding hydrogens is 250 g/mol. The summed E-state index contributed by atoms with van der Waals surface area (Å²) in [4.78, 5) is 2.43. The summed E-state index contributed by atoms with van der Waals surface area (Å²) in [5, 5.41) is 9.89. The summed E-state index contributed by atoms with van der Waals surface area (Å²) < 4.78 is 5.58. The lowest BCUT2D eigenvalue weighted by Crippen LogP contribution is -2.49. The number of aliphatic hydroxyl groups excluding tert-OH is 1. The van der Waals surface area contributed by atoms with Gasteiger partial charge in [0, 0.05) is 25.6 Å². The molecule has 1 aromatic rings. The monoisotopic (exact) mass is 277 g/mol. The van der Waals surface area contributed by atoms with E-state index in [0.29, 0.717) is 12.0 Å². The van der Waals surface area contributed by atoms with Crippen LogP contribution in [-0.4, -0.2) is 49.5 Å². The maximum atomic E-state index is 9.89. The highest BCUT2D eigenvalue weighted by atomic mass is 16.5. The zero-order valence-electron chi connectivity index (χ0n) is 12.9. The molecule has 0 aromatic heterocycles. The first-order valence-corrected chi connectivity index (χ1v) is 7.50. The van der Waals surface area contributed by atoms with Gasteiger partial charge >= 0.3 is 0 Å². The minimum atomic E-state index is -0.208. The van der Waals surface area contributed by atoms with E-state index < -0.39 is 0 Å². The van der Waals surface area contributed by atoms with Crippen LogP contribution in [0.4, 0.5) is 0 Å². The van der Waals surface area contributed by atoms with Crippen molar-refractivity contribution >= 4 is 0 Å². The summed E-state index contributed by atoms with van der Waals surface area (Å²) in [6, 6.07) is 10.3. The summed E-state index contributed by atoms with van der Waals surface area (Å²) in [5.41, 5.74) is 0.996. The van der Waals surface area contributed by atoms with Crippen molar-refractivity contribution in [3.05, 3.63) is 35.9 Å². The van der Waals surface area contributed by atoms with E-state index in [9.17, 15) is 5.11 Å². The molecule has 3 atom stereocenters. The Morgan fingerprint density at radius 3 is 2.65 bits per heavy atom. The fraction of sp³-hybridized carbons (Fsp3) is 0.647. The minimum absolute atomic E-state index is 0.167. The number of ether oxygens (including phenoxy) is 1. The van der Waals surface area contributed by atoms with Crippen molar-refractivity contribution in [2.24, 2.45) is 5.92 Å². The van der Waals surface area contributed by atoms with E-state index in [-0.39, 0.29) is 12.0 Å². The number of methoxy groups -OCH3 is 1. The van der Waals surface area contributed by atoms with Gasteiger partial charge in [0.1, 0.15) is 0 Å². The number of piperidine rings is 1. The predicted octanol–water partition coefficient (Wildman–Crippen LogP) is 2.29. The molecule has 2 rings (SSSR count). The summed E-state index contributed by atoms with van der Waals surface area (Å²) in [6.07, 6.45) is 1.47. The lowest BCUT2D eigenvalue weighted by molar-refractivity contribution is -0.0140. The van der Waals surface area contributed by atoms with Crippen LogP contribution in [-0.2, 0) is 10.2 Å². The second-order valence-electron chi connectivity index (χ2n) is 6.36. The first kappa shape index (κ1) is 15.5. The van der Waals surface area contributed by atoms with Gasteiger partial charge in [0.15, 0.2) is 0 Å². The van der Waals surface area contributed by atoms with Gasteiger partial charge in [0.2, 0.25) is 0 Å². The molecule has 0 saturated carbocycles. The second kappa shape index (κ2) is 6.70. The molecule has 3 nitrogen and oxygen atoms in total. The first-order valence-electron chi connectivity index (χ1n) is 7.50. The van der Waals surface area contributed by atoms with Gasteiger partial charge in [0.25, 0.3) is 0 Å². The highest BCUT2D eigenvalue weighted by Gasteiger charge is 2.33. The Balaban J connectivity index is 2.07. The van der Waals surface area contributed by atoms with Crippen molar-refractivity contribution in [2.75, 3.05) is 33.4 Å². The third-order valence-corrected chi connectivity index (χ3v) is 4.67. The molecule has 1 saturated heterocycles. The van der Waals surface area contributed by atoms with Gasteiger partial charge in [-0.05, 0) is 24.4 Å². The predicted molar refractivity (Wildman–Crippen MR) is 81.9 cm³/mol. The smallest absolute Gasteiger partial charge is 0.0724 e. The van der Waals surface area contributed by atoms with Crippen LogP contribution >= 0.6 is 0 Å². The van der Waals surface area contributed by atoms with Crippen LogP contribution in [0, 0.1) is 5.92 Å². The number of rotatable bonds is 5. The number of aliphatic hydroxyl groups is 1. The van der Waals surface area contributed by atoms with E-state index in [4.69, 9.17) is 4.74 Å². The molecule has 1 aliphatic rings. The third-order valence-electron chi connectivity index (χ3n) is 4.67. The maximum Gasteiger partial charge on any atom is 0.0724 e. The molecule has 112 valence electrons. The molecule has 0 spiro atoms. The lowest BCUT2D eigenvalue weighted by atomic mass is 9.82. The normalized spacial score (nSPS) is 27.2. The van der Waals surface area contributed by atoms with Crippen LogP contribution in [0.1, 0.15) is 25.8 Å². The van der Waals surface area contributed by atoms with Crippen molar-refractivity contribution in [2.45, 2.75) is 31.8 Å². The van der Waals surface area contributed by atoms with E-state index in [1.54, 1.807) is 7.11 Å². The van der Waals surface area contributed by atoms with Gasteiger partial charge in [-0.25, -0.2) is 0 Å². The molecule has 1 heterocycles. The zero-order chi connectivity index (χ0) is 14.6. The molecule has 3 heteroatoms. The molecule has 0 amide bonds. The summed E-state index contributed by atoms with van der Waals surface area (Å²) in [5.74, 6) is 0.619. The Hall–Kier alpha value is -0.900. The molecule has 0 bridgehead atoms. The van der Waals surface area contributed by atoms with Gasteiger partial charge in [-0.1, -0.05) is 44.2 Å². The topological polar surface area (TPSA) is 32.7 Å². The molecule has 3 unspecified atom stereocenters. The van der Waals surface area contributed by atoms with Crippen molar-refractivity contribution in [1.82, 2.24) is 4.90 Å². The highest BCUT2D eigenvalue weighted by molar-refractivity contribution is 5.25. The van der Waals surface area contributed by atoms with E-state index in [1.807, 2.05) is 18.2 Å². The Morgan fingerprint density at radius 1 is 1.35 bits per heavy atom. The van der Waals surface area contributed by atoms with Crippen LogP contribution in [0.5, 0.6) is 0 Å². The average molecular weight is 277 g/mol. The van der Waals surface area contributed by atoms with E-state index >= 15 is 0 Å². The van der Waals surface area contributed by atoms with Crippen LogP contribution < -0.4 is 0 Å². The SMILES string of the molecule is COC1CN(CC(C)(CO)c2ccccc2)CCC1C. The van der Waals surface area contributed by atoms with Gasteiger partial charge in [0.05, 0.1) is 12.7 Å². The first-order chi connectivity index (χ1) is 9.59. The van der Waals surface area contributed by atoms with Crippen molar-refractivity contribution in [3.63, 3.8) is 0 Å². The van der Waals surface area contributed by atoms with Gasteiger partial charge < -0.3 is 9.84 Å². The van der Waals surface area contributed by atoms with E-state index in [2.05, 4.69) is 30.9 Å². The zero-order valence-corrected chi connectivity index (χ0v) is 12.9. The van der Waals surface area contributed by atoms with Crippen LogP contribution in [0.3, 0.4) is 0 Å². The molecule has 1 fully saturated rings. The number of benzene rings is 1. The van der Waals surface area contributed by atoms with Crippen molar-refractivity contribution < 1.29 is 9.84 Å². The van der Waals surface area contributed by atoms with Crippen LogP contribution in [0.15, 0.2) is 30.3 Å². The van der Waals surface area contributed by atoms with Crippen molar-refractivity contribution in [3.8, 4) is 0 Å². The van der Waals surface area contributed by atoms with Crippen molar-refractivity contribution in [1.29, 1.82) is 0 Å². The summed E-state index contributed by atoms with van der Waals surface area (Å²) in [6.45, 7) is 7.49. The molecule has 1 N–H and O–H groups in total. The lowest BCUT2D eigenvalue weighted by Gasteiger charge is -2.41. The number of likely N-dealkylation sites (tertiary alicyclic amines) is 1. The summed E-state index contributed by atoms with van der Waals surface area (Å²) >= 11 is 0. The maximum absolute atomic E-state index is 9.89.